The third kappa shape index (κ3) is 5.40. The van der Waals surface area contributed by atoms with Crippen molar-refractivity contribution < 1.29 is 50.0 Å². The van der Waals surface area contributed by atoms with Gasteiger partial charge in [-0.05, 0) is 67.6 Å². The number of carbonyl (C=O) groups excluding carboxylic acids is 2. The standard InChI is InChI=1S/C35H57N2O6.BrH/c1-23(38)42-31-20-25-8-9-26-27(34(25,4)22-29(31)36-14-12-35(13-15-36)40-18-19-41-35)10-11-33(3)28(26)21-30(32(33)43-24(2)39)37(5)16-6-7-17-37;/h25-32H,6-22H2,1-5H3;1H/q+1;/p-1/t25-,26+,27-,28-,29-,30-,31-,32-,33-,34-;/m0./s1. The second-order valence-electron chi connectivity index (χ2n) is 16.5. The van der Waals surface area contributed by atoms with Crippen LogP contribution in [0.5, 0.6) is 0 Å². The highest BCUT2D eigenvalue weighted by molar-refractivity contribution is 5.66. The van der Waals surface area contributed by atoms with Crippen LogP contribution in [-0.4, -0.2) is 97.8 Å². The van der Waals surface area contributed by atoms with Crippen LogP contribution in [0.3, 0.4) is 0 Å². The van der Waals surface area contributed by atoms with Gasteiger partial charge in [0.15, 0.2) is 11.9 Å². The number of fused-ring (bicyclic) bond motifs is 5. The summed E-state index contributed by atoms with van der Waals surface area (Å²) in [6.07, 6.45) is 12.4. The van der Waals surface area contributed by atoms with Crippen LogP contribution in [0.25, 0.3) is 0 Å². The first-order chi connectivity index (χ1) is 20.5. The molecule has 0 aromatic carbocycles. The Morgan fingerprint density at radius 1 is 0.841 bits per heavy atom. The Kier molecular flexibility index (Phi) is 9.09. The van der Waals surface area contributed by atoms with Gasteiger partial charge in [0.05, 0.1) is 33.4 Å². The summed E-state index contributed by atoms with van der Waals surface area (Å²) in [4.78, 5) is 27.4. The van der Waals surface area contributed by atoms with Gasteiger partial charge in [0.2, 0.25) is 0 Å². The molecule has 0 amide bonds. The highest BCUT2D eigenvalue weighted by Crippen LogP contribution is 2.68. The number of ether oxygens (including phenoxy) is 4. The third-order valence-electron chi connectivity index (χ3n) is 14.4. The van der Waals surface area contributed by atoms with Crippen molar-refractivity contribution in [1.82, 2.24) is 4.90 Å². The van der Waals surface area contributed by atoms with E-state index in [1.807, 2.05) is 0 Å². The maximum absolute atomic E-state index is 12.5. The van der Waals surface area contributed by atoms with Gasteiger partial charge in [0.1, 0.15) is 12.1 Å². The van der Waals surface area contributed by atoms with Gasteiger partial charge in [0, 0.05) is 70.5 Å². The van der Waals surface area contributed by atoms with E-state index in [1.54, 1.807) is 13.8 Å². The van der Waals surface area contributed by atoms with Crippen molar-refractivity contribution in [2.75, 3.05) is 46.4 Å². The van der Waals surface area contributed by atoms with E-state index < -0.39 is 5.79 Å². The molecule has 7 rings (SSSR count). The van der Waals surface area contributed by atoms with Gasteiger partial charge in [-0.25, -0.2) is 0 Å². The summed E-state index contributed by atoms with van der Waals surface area (Å²) in [5, 5.41) is 0. The number of nitrogens with zero attached hydrogens (tertiary/aromatic N) is 2. The lowest BCUT2D eigenvalue weighted by atomic mass is 9.44. The van der Waals surface area contributed by atoms with E-state index in [9.17, 15) is 9.59 Å². The number of rotatable bonds is 4. The molecule has 1 spiro atoms. The van der Waals surface area contributed by atoms with Crippen molar-refractivity contribution in [2.24, 2.45) is 34.5 Å². The first-order valence-electron chi connectivity index (χ1n) is 17.7. The van der Waals surface area contributed by atoms with Crippen LogP contribution in [-0.2, 0) is 28.5 Å². The lowest BCUT2D eigenvalue weighted by molar-refractivity contribution is -0.924. The van der Waals surface area contributed by atoms with Gasteiger partial charge in [-0.2, -0.15) is 0 Å². The molecule has 0 N–H and O–H groups in total. The highest BCUT2D eigenvalue weighted by Gasteiger charge is 2.67. The number of hydrogen-bond donors (Lipinski definition) is 0. The third-order valence-corrected chi connectivity index (χ3v) is 14.4. The monoisotopic (exact) mass is 680 g/mol. The number of likely N-dealkylation sites (tertiary alicyclic amines) is 2. The number of piperidine rings is 1. The van der Waals surface area contributed by atoms with E-state index in [2.05, 4.69) is 25.8 Å². The van der Waals surface area contributed by atoms with Crippen molar-refractivity contribution in [3.05, 3.63) is 0 Å². The van der Waals surface area contributed by atoms with E-state index in [-0.39, 0.29) is 58.0 Å². The Bertz CT molecular complexity index is 1080. The van der Waals surface area contributed by atoms with E-state index >= 15 is 0 Å². The zero-order chi connectivity index (χ0) is 30.2. The number of halogens is 1. The van der Waals surface area contributed by atoms with Crippen molar-refractivity contribution >= 4 is 11.9 Å². The first-order valence-corrected chi connectivity index (χ1v) is 17.7. The average Bonchev–Trinajstić information content (AvgIpc) is 3.67. The number of esters is 2. The first kappa shape index (κ1) is 33.2. The summed E-state index contributed by atoms with van der Waals surface area (Å²) >= 11 is 0. The van der Waals surface area contributed by atoms with Gasteiger partial charge in [-0.3, -0.25) is 14.5 Å². The zero-order valence-corrected chi connectivity index (χ0v) is 29.4. The van der Waals surface area contributed by atoms with Gasteiger partial charge < -0.3 is 40.4 Å². The highest BCUT2D eigenvalue weighted by atomic mass is 79.9. The molecular weight excluding hydrogens is 624 g/mol. The number of likely N-dealkylation sites (N-methyl/N-ethyl adjacent to an activating group) is 1. The molecule has 9 heteroatoms. The largest absolute Gasteiger partial charge is 1.00 e. The molecule has 4 aliphatic carbocycles. The predicted molar refractivity (Wildman–Crippen MR) is 162 cm³/mol. The van der Waals surface area contributed by atoms with Crippen molar-refractivity contribution in [2.45, 2.75) is 128 Å². The Morgan fingerprint density at radius 2 is 1.50 bits per heavy atom. The average molecular weight is 682 g/mol. The van der Waals surface area contributed by atoms with E-state index in [4.69, 9.17) is 18.9 Å². The summed E-state index contributed by atoms with van der Waals surface area (Å²) in [5.41, 5.74) is 0.281. The number of quaternary nitrogens is 1. The fourth-order valence-electron chi connectivity index (χ4n) is 12.3. The van der Waals surface area contributed by atoms with Crippen LogP contribution < -0.4 is 17.0 Å². The van der Waals surface area contributed by atoms with Crippen molar-refractivity contribution in [3.8, 4) is 0 Å². The molecule has 0 aromatic heterocycles. The molecule has 0 radical (unpaired) electrons. The van der Waals surface area contributed by atoms with Crippen LogP contribution in [0.4, 0.5) is 0 Å². The predicted octanol–water partition coefficient (Wildman–Crippen LogP) is 1.93. The smallest absolute Gasteiger partial charge is 0.303 e. The normalized spacial score (nSPS) is 45.9. The molecule has 3 heterocycles. The molecule has 3 aliphatic heterocycles. The number of hydrogen-bond acceptors (Lipinski definition) is 7. The second-order valence-corrected chi connectivity index (χ2v) is 16.5. The van der Waals surface area contributed by atoms with Crippen molar-refractivity contribution in [3.63, 3.8) is 0 Å². The topological polar surface area (TPSA) is 74.3 Å². The van der Waals surface area contributed by atoms with Crippen LogP contribution in [0.1, 0.15) is 98.3 Å². The Labute approximate surface area is 275 Å². The van der Waals surface area contributed by atoms with Gasteiger partial charge >= 0.3 is 11.9 Å². The molecule has 8 nitrogen and oxygen atoms in total. The zero-order valence-electron chi connectivity index (χ0n) is 27.9. The fraction of sp³-hybridized carbons (Fsp3) is 0.943. The van der Waals surface area contributed by atoms with Gasteiger partial charge in [0.25, 0.3) is 0 Å². The molecule has 3 saturated heterocycles. The maximum Gasteiger partial charge on any atom is 0.303 e. The maximum atomic E-state index is 12.5. The molecule has 4 saturated carbocycles. The Balaban J connectivity index is 0.00000343. The summed E-state index contributed by atoms with van der Waals surface area (Å²) in [5.74, 6) is 1.87. The molecule has 44 heavy (non-hydrogen) atoms. The number of carbonyl (C=O) groups is 2. The summed E-state index contributed by atoms with van der Waals surface area (Å²) in [7, 11) is 2.44. The van der Waals surface area contributed by atoms with E-state index in [0.29, 0.717) is 42.9 Å². The Hall–Kier alpha value is -0.740. The summed E-state index contributed by atoms with van der Waals surface area (Å²) in [6.45, 7) is 14.0. The summed E-state index contributed by atoms with van der Waals surface area (Å²) in [6, 6.07) is 0.661. The molecular formula is C35H57BrN2O6. The van der Waals surface area contributed by atoms with E-state index in [0.717, 1.165) is 49.7 Å². The minimum atomic E-state index is -0.399. The SMILES string of the molecule is CC(=O)O[C@H]1C[C@@H]2CC[C@@H]3[C@H](CC[C@@]4(C)[C@H]3C[C@H]([N+]3(C)CCCC3)[C@@H]4OC(C)=O)[C@@]2(C)C[C@@H]1N1CCC2(CC1)OCCO2.[Br-]. The van der Waals surface area contributed by atoms with Gasteiger partial charge in [-0.1, -0.05) is 13.8 Å². The molecule has 0 unspecified atom stereocenters. The molecule has 0 aromatic rings. The molecule has 7 aliphatic rings. The minimum absolute atomic E-state index is 0. The quantitative estimate of drug-likeness (QED) is 0.332. The lowest BCUT2D eigenvalue weighted by Crippen LogP contribution is -3.00. The minimum Gasteiger partial charge on any atom is -1.00 e. The van der Waals surface area contributed by atoms with Crippen LogP contribution in [0.15, 0.2) is 0 Å². The Morgan fingerprint density at radius 3 is 2.14 bits per heavy atom. The van der Waals surface area contributed by atoms with Crippen LogP contribution >= 0.6 is 0 Å². The van der Waals surface area contributed by atoms with Crippen LogP contribution in [0.2, 0.25) is 0 Å². The van der Waals surface area contributed by atoms with Crippen molar-refractivity contribution in [1.29, 1.82) is 0 Å². The molecule has 10 atom stereocenters. The fourth-order valence-corrected chi connectivity index (χ4v) is 12.3. The molecule has 7 fully saturated rings. The van der Waals surface area contributed by atoms with Crippen LogP contribution in [0, 0.1) is 34.5 Å². The summed E-state index contributed by atoms with van der Waals surface area (Å²) < 4.78 is 25.7. The molecule has 250 valence electrons. The second kappa shape index (κ2) is 12.1. The van der Waals surface area contributed by atoms with Gasteiger partial charge in [-0.15, -0.1) is 0 Å². The van der Waals surface area contributed by atoms with E-state index in [1.165, 1.54) is 51.6 Å². The lowest BCUT2D eigenvalue weighted by Gasteiger charge is -2.62. The molecule has 0 bridgehead atoms.